The first-order valence-electron chi connectivity index (χ1n) is 11.3. The van der Waals surface area contributed by atoms with E-state index in [-0.39, 0.29) is 5.69 Å². The molecule has 0 unspecified atom stereocenters. The van der Waals surface area contributed by atoms with Gasteiger partial charge in [-0.25, -0.2) is 0 Å². The monoisotopic (exact) mass is 474 g/mol. The van der Waals surface area contributed by atoms with Crippen LogP contribution in [0.5, 0.6) is 11.5 Å². The van der Waals surface area contributed by atoms with Crippen LogP contribution in [0.1, 0.15) is 62.4 Å². The molecule has 0 radical (unpaired) electrons. The van der Waals surface area contributed by atoms with Crippen LogP contribution in [0.2, 0.25) is 0 Å². The number of hydrogen-bond donors (Lipinski definition) is 1. The standard InChI is InChI=1S/C26H29F3N2O3/c1-7-33-19-11-16-12-24(3,4)31-21(20(16)17-13-25(5,6)34-22(17)19)15-9-8-14(2)18(10-15)30-23(32)26(27,28)29/h8-11H,7,12-13H2,1-6H3,(H,30,32). The Kier molecular flexibility index (Phi) is 5.69. The van der Waals surface area contributed by atoms with Gasteiger partial charge in [-0.3, -0.25) is 9.79 Å². The van der Waals surface area contributed by atoms with E-state index < -0.39 is 23.2 Å². The number of nitrogens with one attached hydrogen (secondary N) is 1. The fraction of sp³-hybridized carbons (Fsp3) is 0.462. The minimum Gasteiger partial charge on any atom is -0.490 e. The van der Waals surface area contributed by atoms with Gasteiger partial charge in [0.25, 0.3) is 0 Å². The molecule has 0 saturated heterocycles. The number of aryl methyl sites for hydroxylation is 1. The van der Waals surface area contributed by atoms with Gasteiger partial charge in [0.15, 0.2) is 11.5 Å². The van der Waals surface area contributed by atoms with Gasteiger partial charge < -0.3 is 14.8 Å². The van der Waals surface area contributed by atoms with Crippen molar-refractivity contribution in [3.8, 4) is 11.5 Å². The SMILES string of the molecule is CCOc1cc2c(c3c1OC(C)(C)C3)C(c1ccc(C)c(NC(=O)C(F)(F)F)c1)=NC(C)(C)C2. The second-order valence-corrected chi connectivity index (χ2v) is 10.1. The number of fused-ring (bicyclic) bond motifs is 3. The molecule has 2 heterocycles. The molecule has 0 aromatic heterocycles. The van der Waals surface area contributed by atoms with E-state index >= 15 is 0 Å². The average Bonchev–Trinajstić information content (AvgIpc) is 3.03. The van der Waals surface area contributed by atoms with Crippen LogP contribution < -0.4 is 14.8 Å². The molecule has 5 nitrogen and oxygen atoms in total. The summed E-state index contributed by atoms with van der Waals surface area (Å²) in [5, 5.41) is 2.00. The highest BCUT2D eigenvalue weighted by Gasteiger charge is 2.41. The van der Waals surface area contributed by atoms with E-state index in [1.807, 2.05) is 52.1 Å². The lowest BCUT2D eigenvalue weighted by molar-refractivity contribution is -0.167. The van der Waals surface area contributed by atoms with Gasteiger partial charge in [0.1, 0.15) is 5.60 Å². The van der Waals surface area contributed by atoms with Gasteiger partial charge in [-0.1, -0.05) is 12.1 Å². The molecule has 2 aliphatic heterocycles. The highest BCUT2D eigenvalue weighted by molar-refractivity contribution is 6.16. The number of aliphatic imine (C=N–C) groups is 1. The topological polar surface area (TPSA) is 59.9 Å². The van der Waals surface area contributed by atoms with Crippen molar-refractivity contribution >= 4 is 17.3 Å². The van der Waals surface area contributed by atoms with Crippen LogP contribution in [0.4, 0.5) is 18.9 Å². The third-order valence-corrected chi connectivity index (χ3v) is 6.00. The van der Waals surface area contributed by atoms with E-state index in [2.05, 4.69) is 0 Å². The van der Waals surface area contributed by atoms with E-state index in [4.69, 9.17) is 14.5 Å². The Bertz CT molecular complexity index is 1200. The smallest absolute Gasteiger partial charge is 0.471 e. The van der Waals surface area contributed by atoms with Crippen LogP contribution in [0.25, 0.3) is 0 Å². The van der Waals surface area contributed by atoms with Crippen molar-refractivity contribution in [2.24, 2.45) is 4.99 Å². The third kappa shape index (κ3) is 4.50. The maximum Gasteiger partial charge on any atom is 0.471 e. The molecular formula is C26H29F3N2O3. The predicted molar refractivity (Wildman–Crippen MR) is 125 cm³/mol. The molecule has 8 heteroatoms. The number of halogens is 3. The number of amides is 1. The zero-order chi connectivity index (χ0) is 25.1. The summed E-state index contributed by atoms with van der Waals surface area (Å²) in [4.78, 5) is 16.6. The summed E-state index contributed by atoms with van der Waals surface area (Å²) in [7, 11) is 0. The fourth-order valence-corrected chi connectivity index (χ4v) is 4.64. The van der Waals surface area contributed by atoms with E-state index in [0.717, 1.165) is 16.7 Å². The lowest BCUT2D eigenvalue weighted by atomic mass is 9.80. The number of carbonyl (C=O) groups is 1. The predicted octanol–water partition coefficient (Wildman–Crippen LogP) is 5.78. The number of rotatable bonds is 4. The summed E-state index contributed by atoms with van der Waals surface area (Å²) in [6.07, 6.45) is -3.64. The Hall–Kier alpha value is -3.03. The number of nitrogens with zero attached hydrogens (tertiary/aromatic N) is 1. The second kappa shape index (κ2) is 8.03. The highest BCUT2D eigenvalue weighted by atomic mass is 19.4. The van der Waals surface area contributed by atoms with Crippen molar-refractivity contribution in [3.05, 3.63) is 52.1 Å². The first kappa shape index (κ1) is 24.1. The molecule has 4 rings (SSSR count). The molecule has 2 aromatic rings. The van der Waals surface area contributed by atoms with Crippen LogP contribution in [0.15, 0.2) is 29.3 Å². The molecule has 0 atom stereocenters. The quantitative estimate of drug-likeness (QED) is 0.611. The number of carbonyl (C=O) groups excluding carboxylic acids is 1. The molecule has 0 bridgehead atoms. The Labute approximate surface area is 197 Å². The number of benzene rings is 2. The lowest BCUT2D eigenvalue weighted by Gasteiger charge is -2.31. The fourth-order valence-electron chi connectivity index (χ4n) is 4.64. The number of hydrogen-bond acceptors (Lipinski definition) is 4. The Morgan fingerprint density at radius 3 is 2.53 bits per heavy atom. The van der Waals surface area contributed by atoms with E-state index in [0.29, 0.717) is 47.8 Å². The first-order valence-corrected chi connectivity index (χ1v) is 11.3. The van der Waals surface area contributed by atoms with Crippen molar-refractivity contribution < 1.29 is 27.4 Å². The summed E-state index contributed by atoms with van der Waals surface area (Å²) in [5.41, 5.74) is 4.05. The summed E-state index contributed by atoms with van der Waals surface area (Å²) in [6.45, 7) is 12.1. The molecule has 0 saturated carbocycles. The van der Waals surface area contributed by atoms with Crippen molar-refractivity contribution in [2.45, 2.75) is 71.7 Å². The minimum atomic E-state index is -4.97. The minimum absolute atomic E-state index is 0.103. The van der Waals surface area contributed by atoms with Crippen molar-refractivity contribution in [1.82, 2.24) is 0 Å². The molecule has 0 spiro atoms. The third-order valence-electron chi connectivity index (χ3n) is 6.00. The number of alkyl halides is 3. The van der Waals surface area contributed by atoms with Gasteiger partial charge >= 0.3 is 12.1 Å². The maximum atomic E-state index is 12.9. The Morgan fingerprint density at radius 1 is 1.18 bits per heavy atom. The molecule has 0 aliphatic carbocycles. The van der Waals surface area contributed by atoms with Crippen LogP contribution in [-0.4, -0.2) is 35.5 Å². The molecule has 2 aliphatic rings. The van der Waals surface area contributed by atoms with Gasteiger partial charge in [-0.05, 0) is 71.2 Å². The Balaban J connectivity index is 1.88. The van der Waals surface area contributed by atoms with Gasteiger partial charge in [0.05, 0.1) is 17.9 Å². The zero-order valence-corrected chi connectivity index (χ0v) is 20.2. The average molecular weight is 475 g/mol. The molecule has 1 N–H and O–H groups in total. The molecular weight excluding hydrogens is 445 g/mol. The van der Waals surface area contributed by atoms with Crippen LogP contribution >= 0.6 is 0 Å². The van der Waals surface area contributed by atoms with Gasteiger partial charge in [-0.15, -0.1) is 0 Å². The number of anilines is 1. The molecule has 0 fully saturated rings. The first-order chi connectivity index (χ1) is 15.7. The van der Waals surface area contributed by atoms with E-state index in [1.165, 1.54) is 0 Å². The van der Waals surface area contributed by atoms with Crippen molar-refractivity contribution in [1.29, 1.82) is 0 Å². The zero-order valence-electron chi connectivity index (χ0n) is 20.2. The maximum absolute atomic E-state index is 12.9. The lowest BCUT2D eigenvalue weighted by Crippen LogP contribution is -2.31. The molecule has 2 aromatic carbocycles. The summed E-state index contributed by atoms with van der Waals surface area (Å²) in [6, 6.07) is 7.08. The van der Waals surface area contributed by atoms with Crippen molar-refractivity contribution in [2.75, 3.05) is 11.9 Å². The molecule has 1 amide bonds. The van der Waals surface area contributed by atoms with E-state index in [1.54, 1.807) is 19.1 Å². The summed E-state index contributed by atoms with van der Waals surface area (Å²) in [5.74, 6) is -0.618. The second-order valence-electron chi connectivity index (χ2n) is 10.1. The van der Waals surface area contributed by atoms with E-state index in [9.17, 15) is 18.0 Å². The van der Waals surface area contributed by atoms with Gasteiger partial charge in [-0.2, -0.15) is 13.2 Å². The molecule has 34 heavy (non-hydrogen) atoms. The highest BCUT2D eigenvalue weighted by Crippen LogP contribution is 2.48. The Morgan fingerprint density at radius 2 is 1.88 bits per heavy atom. The summed E-state index contributed by atoms with van der Waals surface area (Å²) < 4.78 is 50.8. The van der Waals surface area contributed by atoms with Crippen molar-refractivity contribution in [3.63, 3.8) is 0 Å². The van der Waals surface area contributed by atoms with Crippen LogP contribution in [-0.2, 0) is 17.6 Å². The van der Waals surface area contributed by atoms with Crippen LogP contribution in [0.3, 0.4) is 0 Å². The molecule has 182 valence electrons. The summed E-state index contributed by atoms with van der Waals surface area (Å²) >= 11 is 0. The normalized spacial score (nSPS) is 17.9. The number of ether oxygens (including phenoxy) is 2. The van der Waals surface area contributed by atoms with Crippen LogP contribution in [0, 0.1) is 6.92 Å². The van der Waals surface area contributed by atoms with Gasteiger partial charge in [0, 0.05) is 28.8 Å². The van der Waals surface area contributed by atoms with Gasteiger partial charge in [0.2, 0.25) is 0 Å². The largest absolute Gasteiger partial charge is 0.490 e.